The third-order valence-corrected chi connectivity index (χ3v) is 4.28. The lowest BCUT2D eigenvalue weighted by atomic mass is 9.86. The number of hydrogen-bond donors (Lipinski definition) is 1. The van der Waals surface area contributed by atoms with E-state index in [0.717, 1.165) is 19.3 Å². The predicted molar refractivity (Wildman–Crippen MR) is 77.9 cm³/mol. The molecule has 21 heavy (non-hydrogen) atoms. The fourth-order valence-electron chi connectivity index (χ4n) is 3.02. The SMILES string of the molecule is Cc1nn(CC(=O)N[C@H]2CCCC[C@H]2C)c(C)c1[N+](=O)[O-]. The van der Waals surface area contributed by atoms with Crippen LogP contribution < -0.4 is 5.32 Å². The summed E-state index contributed by atoms with van der Waals surface area (Å²) in [7, 11) is 0. The van der Waals surface area contributed by atoms with Gasteiger partial charge in [0, 0.05) is 6.04 Å². The lowest BCUT2D eigenvalue weighted by Gasteiger charge is -2.29. The number of aryl methyl sites for hydroxylation is 1. The Morgan fingerprint density at radius 2 is 2.10 bits per heavy atom. The monoisotopic (exact) mass is 294 g/mol. The molecular formula is C14H22N4O3. The summed E-state index contributed by atoms with van der Waals surface area (Å²) in [4.78, 5) is 22.6. The van der Waals surface area contributed by atoms with Crippen molar-refractivity contribution in [2.24, 2.45) is 5.92 Å². The summed E-state index contributed by atoms with van der Waals surface area (Å²) in [5, 5.41) is 18.1. The minimum atomic E-state index is -0.449. The van der Waals surface area contributed by atoms with Gasteiger partial charge < -0.3 is 5.32 Å². The quantitative estimate of drug-likeness (QED) is 0.680. The largest absolute Gasteiger partial charge is 0.351 e. The van der Waals surface area contributed by atoms with E-state index in [-0.39, 0.29) is 24.2 Å². The van der Waals surface area contributed by atoms with Gasteiger partial charge in [-0.1, -0.05) is 19.8 Å². The summed E-state index contributed by atoms with van der Waals surface area (Å²) in [6, 6.07) is 0.207. The number of aromatic nitrogens is 2. The topological polar surface area (TPSA) is 90.1 Å². The van der Waals surface area contributed by atoms with Crippen LogP contribution in [0, 0.1) is 29.9 Å². The van der Waals surface area contributed by atoms with Crippen LogP contribution in [0.25, 0.3) is 0 Å². The third kappa shape index (κ3) is 3.40. The summed E-state index contributed by atoms with van der Waals surface area (Å²) in [6.07, 6.45) is 4.50. The van der Waals surface area contributed by atoms with Crippen molar-refractivity contribution < 1.29 is 9.72 Å². The Kier molecular flexibility index (Phi) is 4.59. The molecule has 1 aliphatic rings. The van der Waals surface area contributed by atoms with Crippen LogP contribution in [0.1, 0.15) is 44.0 Å². The summed E-state index contributed by atoms with van der Waals surface area (Å²) in [5.74, 6) is 0.353. The molecule has 1 fully saturated rings. The van der Waals surface area contributed by atoms with Gasteiger partial charge in [-0.15, -0.1) is 0 Å². The first kappa shape index (κ1) is 15.5. The summed E-state index contributed by atoms with van der Waals surface area (Å²) in [5.41, 5.74) is 0.759. The number of nitrogens with zero attached hydrogens (tertiary/aromatic N) is 3. The molecule has 2 atom stereocenters. The number of rotatable bonds is 4. The van der Waals surface area contributed by atoms with Crippen molar-refractivity contribution in [1.82, 2.24) is 15.1 Å². The molecule has 0 spiro atoms. The van der Waals surface area contributed by atoms with E-state index in [9.17, 15) is 14.9 Å². The van der Waals surface area contributed by atoms with Gasteiger partial charge in [-0.05, 0) is 32.6 Å². The van der Waals surface area contributed by atoms with Gasteiger partial charge in [0.05, 0.1) is 4.92 Å². The maximum absolute atomic E-state index is 12.1. The second kappa shape index (κ2) is 6.24. The number of nitro groups is 1. The molecule has 0 aliphatic heterocycles. The van der Waals surface area contributed by atoms with E-state index in [0.29, 0.717) is 17.3 Å². The van der Waals surface area contributed by atoms with E-state index in [1.165, 1.54) is 11.1 Å². The Labute approximate surface area is 123 Å². The first-order valence-electron chi connectivity index (χ1n) is 7.38. The molecule has 1 amide bonds. The van der Waals surface area contributed by atoms with Crippen LogP contribution in [-0.2, 0) is 11.3 Å². The Hall–Kier alpha value is -1.92. The zero-order chi connectivity index (χ0) is 15.6. The van der Waals surface area contributed by atoms with Crippen LogP contribution in [0.15, 0.2) is 0 Å². The molecule has 1 N–H and O–H groups in total. The van der Waals surface area contributed by atoms with Crippen LogP contribution >= 0.6 is 0 Å². The Balaban J connectivity index is 2.03. The molecule has 1 aromatic heterocycles. The molecule has 7 heteroatoms. The van der Waals surface area contributed by atoms with Gasteiger partial charge in [0.25, 0.3) is 0 Å². The van der Waals surface area contributed by atoms with E-state index in [2.05, 4.69) is 17.3 Å². The highest BCUT2D eigenvalue weighted by Crippen LogP contribution is 2.24. The lowest BCUT2D eigenvalue weighted by Crippen LogP contribution is -2.42. The molecule has 0 aromatic carbocycles. The van der Waals surface area contributed by atoms with Crippen molar-refractivity contribution in [3.05, 3.63) is 21.5 Å². The van der Waals surface area contributed by atoms with Gasteiger partial charge in [0.2, 0.25) is 5.91 Å². The average molecular weight is 294 g/mol. The van der Waals surface area contributed by atoms with Crippen LogP contribution in [-0.4, -0.2) is 26.7 Å². The predicted octanol–water partition coefficient (Wildman–Crippen LogP) is 2.10. The molecule has 0 saturated heterocycles. The number of carbonyl (C=O) groups is 1. The van der Waals surface area contributed by atoms with Crippen LogP contribution in [0.2, 0.25) is 0 Å². The minimum Gasteiger partial charge on any atom is -0.351 e. The van der Waals surface area contributed by atoms with Gasteiger partial charge in [-0.3, -0.25) is 19.6 Å². The second-order valence-corrected chi connectivity index (χ2v) is 5.87. The van der Waals surface area contributed by atoms with E-state index < -0.39 is 4.92 Å². The molecule has 0 radical (unpaired) electrons. The first-order valence-corrected chi connectivity index (χ1v) is 7.38. The number of carbonyl (C=O) groups excluding carboxylic acids is 1. The Morgan fingerprint density at radius 3 is 2.67 bits per heavy atom. The van der Waals surface area contributed by atoms with Gasteiger partial charge >= 0.3 is 5.69 Å². The second-order valence-electron chi connectivity index (χ2n) is 5.87. The molecule has 2 rings (SSSR count). The maximum atomic E-state index is 12.1. The van der Waals surface area contributed by atoms with E-state index >= 15 is 0 Å². The molecule has 7 nitrogen and oxygen atoms in total. The van der Waals surface area contributed by atoms with Crippen molar-refractivity contribution in [1.29, 1.82) is 0 Å². The molecule has 1 saturated carbocycles. The fourth-order valence-corrected chi connectivity index (χ4v) is 3.02. The highest BCUT2D eigenvalue weighted by molar-refractivity contribution is 5.76. The van der Waals surface area contributed by atoms with Crippen molar-refractivity contribution in [2.45, 2.75) is 59.0 Å². The highest BCUT2D eigenvalue weighted by atomic mass is 16.6. The fraction of sp³-hybridized carbons (Fsp3) is 0.714. The first-order chi connectivity index (χ1) is 9.90. The molecule has 1 heterocycles. The van der Waals surface area contributed by atoms with Crippen LogP contribution in [0.4, 0.5) is 5.69 Å². The smallest absolute Gasteiger partial charge is 0.312 e. The van der Waals surface area contributed by atoms with E-state index in [4.69, 9.17) is 0 Å². The van der Waals surface area contributed by atoms with E-state index in [1.807, 2.05) is 0 Å². The molecule has 0 bridgehead atoms. The standard InChI is InChI=1S/C14H22N4O3/c1-9-6-4-5-7-12(9)15-13(19)8-17-11(3)14(18(20)21)10(2)16-17/h9,12H,4-8H2,1-3H3,(H,15,19)/t9-,12+/m1/s1. The van der Waals surface area contributed by atoms with E-state index in [1.54, 1.807) is 13.8 Å². The molecular weight excluding hydrogens is 272 g/mol. The highest BCUT2D eigenvalue weighted by Gasteiger charge is 2.25. The summed E-state index contributed by atoms with van der Waals surface area (Å²) in [6.45, 7) is 5.39. The molecule has 116 valence electrons. The van der Waals surface area contributed by atoms with Crippen molar-refractivity contribution >= 4 is 11.6 Å². The summed E-state index contributed by atoms with van der Waals surface area (Å²) >= 11 is 0. The summed E-state index contributed by atoms with van der Waals surface area (Å²) < 4.78 is 1.41. The molecule has 0 unspecified atom stereocenters. The van der Waals surface area contributed by atoms with Crippen LogP contribution in [0.3, 0.4) is 0 Å². The zero-order valence-corrected chi connectivity index (χ0v) is 12.8. The van der Waals surface area contributed by atoms with Gasteiger partial charge in [0.15, 0.2) is 0 Å². The average Bonchev–Trinajstić information content (AvgIpc) is 2.67. The number of nitrogens with one attached hydrogen (secondary N) is 1. The van der Waals surface area contributed by atoms with Crippen LogP contribution in [0.5, 0.6) is 0 Å². The lowest BCUT2D eigenvalue weighted by molar-refractivity contribution is -0.386. The van der Waals surface area contributed by atoms with Gasteiger partial charge in [0.1, 0.15) is 17.9 Å². The van der Waals surface area contributed by atoms with Crippen molar-refractivity contribution in [3.63, 3.8) is 0 Å². The maximum Gasteiger partial charge on any atom is 0.312 e. The number of amides is 1. The van der Waals surface area contributed by atoms with Crippen molar-refractivity contribution in [2.75, 3.05) is 0 Å². The van der Waals surface area contributed by atoms with Gasteiger partial charge in [-0.25, -0.2) is 0 Å². The molecule has 1 aromatic rings. The number of hydrogen-bond acceptors (Lipinski definition) is 4. The Bertz CT molecular complexity index is 553. The third-order valence-electron chi connectivity index (χ3n) is 4.28. The normalized spacial score (nSPS) is 22.0. The van der Waals surface area contributed by atoms with Crippen molar-refractivity contribution in [3.8, 4) is 0 Å². The Morgan fingerprint density at radius 1 is 1.43 bits per heavy atom. The van der Waals surface area contributed by atoms with Gasteiger partial charge in [-0.2, -0.15) is 5.10 Å². The zero-order valence-electron chi connectivity index (χ0n) is 12.8. The minimum absolute atomic E-state index is 0.00571. The molecule has 1 aliphatic carbocycles.